The monoisotopic (exact) mass is 253 g/mol. The number of carbonyl (C=O) groups is 1. The van der Waals surface area contributed by atoms with Crippen LogP contribution in [-0.4, -0.2) is 10.9 Å². The SMILES string of the molecule is CC(NC1C(=O)Nc2ccccc21)c1ccncc1. The molecule has 0 radical (unpaired) electrons. The minimum absolute atomic E-state index is 0.00195. The van der Waals surface area contributed by atoms with Gasteiger partial charge in [0.2, 0.25) is 5.91 Å². The van der Waals surface area contributed by atoms with E-state index in [1.807, 2.05) is 43.3 Å². The second-order valence-corrected chi connectivity index (χ2v) is 4.68. The highest BCUT2D eigenvalue weighted by Crippen LogP contribution is 2.31. The Morgan fingerprint density at radius 2 is 1.95 bits per heavy atom. The predicted octanol–water partition coefficient (Wildman–Crippen LogP) is 2.43. The van der Waals surface area contributed by atoms with Gasteiger partial charge in [-0.2, -0.15) is 0 Å². The highest BCUT2D eigenvalue weighted by molar-refractivity contribution is 6.02. The van der Waals surface area contributed by atoms with Gasteiger partial charge in [-0.05, 0) is 30.7 Å². The molecule has 2 heterocycles. The first-order valence-corrected chi connectivity index (χ1v) is 6.31. The fraction of sp³-hybridized carbons (Fsp3) is 0.200. The molecule has 0 fully saturated rings. The van der Waals surface area contributed by atoms with Crippen molar-refractivity contribution >= 4 is 11.6 Å². The maximum atomic E-state index is 12.0. The summed E-state index contributed by atoms with van der Waals surface area (Å²) >= 11 is 0. The molecule has 96 valence electrons. The molecule has 1 amide bonds. The zero-order valence-corrected chi connectivity index (χ0v) is 10.6. The van der Waals surface area contributed by atoms with Crippen molar-refractivity contribution in [3.8, 4) is 0 Å². The van der Waals surface area contributed by atoms with Crippen molar-refractivity contribution in [1.82, 2.24) is 10.3 Å². The number of para-hydroxylation sites is 1. The zero-order chi connectivity index (χ0) is 13.2. The van der Waals surface area contributed by atoms with Gasteiger partial charge in [-0.25, -0.2) is 0 Å². The van der Waals surface area contributed by atoms with E-state index >= 15 is 0 Å². The molecule has 0 spiro atoms. The first kappa shape index (κ1) is 11.9. The molecular formula is C15H15N3O. The van der Waals surface area contributed by atoms with Gasteiger partial charge in [-0.3, -0.25) is 15.1 Å². The summed E-state index contributed by atoms with van der Waals surface area (Å²) in [6.45, 7) is 2.05. The maximum Gasteiger partial charge on any atom is 0.246 e. The summed E-state index contributed by atoms with van der Waals surface area (Å²) in [5, 5.41) is 6.25. The second kappa shape index (κ2) is 4.82. The van der Waals surface area contributed by atoms with Crippen molar-refractivity contribution in [2.45, 2.75) is 19.0 Å². The number of amides is 1. The van der Waals surface area contributed by atoms with Crippen molar-refractivity contribution in [2.24, 2.45) is 0 Å². The van der Waals surface area contributed by atoms with E-state index in [0.717, 1.165) is 16.8 Å². The number of hydrogen-bond donors (Lipinski definition) is 2. The van der Waals surface area contributed by atoms with Crippen LogP contribution in [0.1, 0.15) is 30.1 Å². The minimum atomic E-state index is -0.292. The summed E-state index contributed by atoms with van der Waals surface area (Å²) in [7, 11) is 0. The van der Waals surface area contributed by atoms with Crippen molar-refractivity contribution < 1.29 is 4.79 Å². The number of anilines is 1. The number of carbonyl (C=O) groups excluding carboxylic acids is 1. The molecule has 2 aromatic rings. The maximum absolute atomic E-state index is 12.0. The fourth-order valence-corrected chi connectivity index (χ4v) is 2.37. The summed E-state index contributed by atoms with van der Waals surface area (Å²) in [6.07, 6.45) is 3.52. The predicted molar refractivity (Wildman–Crippen MR) is 73.6 cm³/mol. The van der Waals surface area contributed by atoms with E-state index in [1.54, 1.807) is 12.4 Å². The van der Waals surface area contributed by atoms with Crippen LogP contribution in [0.4, 0.5) is 5.69 Å². The van der Waals surface area contributed by atoms with Crippen molar-refractivity contribution in [2.75, 3.05) is 5.32 Å². The largest absolute Gasteiger partial charge is 0.324 e. The summed E-state index contributed by atoms with van der Waals surface area (Å²) in [5.74, 6) is 0.00195. The summed E-state index contributed by atoms with van der Waals surface area (Å²) in [4.78, 5) is 16.0. The molecule has 1 aliphatic rings. The molecule has 0 bridgehead atoms. The Morgan fingerprint density at radius 3 is 2.74 bits per heavy atom. The fourth-order valence-electron chi connectivity index (χ4n) is 2.37. The normalized spacial score (nSPS) is 18.8. The van der Waals surface area contributed by atoms with Crippen LogP contribution in [0.2, 0.25) is 0 Å². The molecule has 2 N–H and O–H groups in total. The van der Waals surface area contributed by atoms with Crippen LogP contribution in [0.3, 0.4) is 0 Å². The molecule has 3 rings (SSSR count). The zero-order valence-electron chi connectivity index (χ0n) is 10.6. The third-order valence-corrected chi connectivity index (χ3v) is 3.41. The van der Waals surface area contributed by atoms with Crippen LogP contribution in [0.25, 0.3) is 0 Å². The van der Waals surface area contributed by atoms with E-state index in [4.69, 9.17) is 0 Å². The van der Waals surface area contributed by atoms with Crippen LogP contribution >= 0.6 is 0 Å². The van der Waals surface area contributed by atoms with E-state index in [-0.39, 0.29) is 18.0 Å². The van der Waals surface area contributed by atoms with Gasteiger partial charge in [-0.15, -0.1) is 0 Å². The Balaban J connectivity index is 1.82. The molecule has 0 saturated carbocycles. The van der Waals surface area contributed by atoms with E-state index < -0.39 is 0 Å². The number of pyridine rings is 1. The lowest BCUT2D eigenvalue weighted by atomic mass is 10.0. The van der Waals surface area contributed by atoms with Crippen molar-refractivity contribution in [3.63, 3.8) is 0 Å². The van der Waals surface area contributed by atoms with E-state index in [0.29, 0.717) is 0 Å². The molecule has 0 saturated heterocycles. The Morgan fingerprint density at radius 1 is 1.21 bits per heavy atom. The van der Waals surface area contributed by atoms with E-state index in [9.17, 15) is 4.79 Å². The first-order chi connectivity index (χ1) is 9.25. The first-order valence-electron chi connectivity index (χ1n) is 6.31. The van der Waals surface area contributed by atoms with Crippen LogP contribution in [0.15, 0.2) is 48.8 Å². The van der Waals surface area contributed by atoms with Gasteiger partial charge in [0.15, 0.2) is 0 Å². The summed E-state index contributed by atoms with van der Waals surface area (Å²) in [5.41, 5.74) is 3.02. The molecule has 2 atom stereocenters. The van der Waals surface area contributed by atoms with Gasteiger partial charge < -0.3 is 5.32 Å². The van der Waals surface area contributed by atoms with Crippen LogP contribution in [0.5, 0.6) is 0 Å². The third kappa shape index (κ3) is 2.22. The molecule has 4 nitrogen and oxygen atoms in total. The molecule has 2 unspecified atom stereocenters. The number of fused-ring (bicyclic) bond motifs is 1. The van der Waals surface area contributed by atoms with Crippen LogP contribution in [-0.2, 0) is 4.79 Å². The standard InChI is InChI=1S/C15H15N3O/c1-10(11-6-8-16-9-7-11)17-14-12-4-2-3-5-13(12)18-15(14)19/h2-10,14,17H,1H3,(H,18,19). The molecule has 1 aliphatic heterocycles. The van der Waals surface area contributed by atoms with E-state index in [1.165, 1.54) is 0 Å². The van der Waals surface area contributed by atoms with Gasteiger partial charge in [-0.1, -0.05) is 18.2 Å². The smallest absolute Gasteiger partial charge is 0.246 e. The lowest BCUT2D eigenvalue weighted by Gasteiger charge is -2.18. The molecule has 19 heavy (non-hydrogen) atoms. The van der Waals surface area contributed by atoms with Crippen molar-refractivity contribution in [3.05, 3.63) is 59.9 Å². The molecule has 0 aliphatic carbocycles. The number of benzene rings is 1. The second-order valence-electron chi connectivity index (χ2n) is 4.68. The number of rotatable bonds is 3. The Hall–Kier alpha value is -2.20. The Bertz CT molecular complexity index is 597. The van der Waals surface area contributed by atoms with Gasteiger partial charge in [0.25, 0.3) is 0 Å². The number of aromatic nitrogens is 1. The van der Waals surface area contributed by atoms with Crippen LogP contribution in [0, 0.1) is 0 Å². The number of nitrogens with one attached hydrogen (secondary N) is 2. The Labute approximate surface area is 111 Å². The topological polar surface area (TPSA) is 54.0 Å². The third-order valence-electron chi connectivity index (χ3n) is 3.41. The summed E-state index contributed by atoms with van der Waals surface area (Å²) < 4.78 is 0. The number of nitrogens with zero attached hydrogens (tertiary/aromatic N) is 1. The van der Waals surface area contributed by atoms with Gasteiger partial charge in [0.1, 0.15) is 6.04 Å². The molecular weight excluding hydrogens is 238 g/mol. The highest BCUT2D eigenvalue weighted by atomic mass is 16.2. The lowest BCUT2D eigenvalue weighted by molar-refractivity contribution is -0.117. The number of hydrogen-bond acceptors (Lipinski definition) is 3. The molecule has 4 heteroatoms. The summed E-state index contributed by atoms with van der Waals surface area (Å²) in [6, 6.07) is 11.5. The minimum Gasteiger partial charge on any atom is -0.324 e. The van der Waals surface area contributed by atoms with E-state index in [2.05, 4.69) is 15.6 Å². The molecule has 1 aromatic heterocycles. The van der Waals surface area contributed by atoms with Gasteiger partial charge in [0, 0.05) is 29.7 Å². The quantitative estimate of drug-likeness (QED) is 0.883. The van der Waals surface area contributed by atoms with Crippen molar-refractivity contribution in [1.29, 1.82) is 0 Å². The average molecular weight is 253 g/mol. The van der Waals surface area contributed by atoms with Gasteiger partial charge in [0.05, 0.1) is 0 Å². The van der Waals surface area contributed by atoms with Crippen LogP contribution < -0.4 is 10.6 Å². The van der Waals surface area contributed by atoms with Gasteiger partial charge >= 0.3 is 0 Å². The highest BCUT2D eigenvalue weighted by Gasteiger charge is 2.30. The molecule has 1 aromatic carbocycles. The Kier molecular flexibility index (Phi) is 3.01. The average Bonchev–Trinajstić information content (AvgIpc) is 2.76. The lowest BCUT2D eigenvalue weighted by Crippen LogP contribution is -2.29.